The van der Waals surface area contributed by atoms with Crippen LogP contribution in [-0.4, -0.2) is 21.9 Å². The average Bonchev–Trinajstić information content (AvgIpc) is 2.81. The predicted molar refractivity (Wildman–Crippen MR) is 66.2 cm³/mol. The maximum absolute atomic E-state index is 5.69. The molecule has 2 N–H and O–H groups in total. The fourth-order valence-electron chi connectivity index (χ4n) is 1.58. The van der Waals surface area contributed by atoms with Crippen LogP contribution in [0.1, 0.15) is 11.4 Å². The summed E-state index contributed by atoms with van der Waals surface area (Å²) in [6, 6.07) is 5.55. The van der Waals surface area contributed by atoms with Gasteiger partial charge in [0.15, 0.2) is 5.82 Å². The van der Waals surface area contributed by atoms with Gasteiger partial charge in [-0.05, 0) is 18.2 Å². The quantitative estimate of drug-likeness (QED) is 0.849. The fourth-order valence-corrected chi connectivity index (χ4v) is 1.58. The molecule has 0 unspecified atom stereocenters. The average molecular weight is 248 g/mol. The summed E-state index contributed by atoms with van der Waals surface area (Å²) in [4.78, 5) is 4.09. The highest BCUT2D eigenvalue weighted by atomic mass is 16.5. The molecule has 0 aliphatic rings. The Hall–Kier alpha value is -2.08. The number of hydrogen-bond donors (Lipinski definition) is 1. The third kappa shape index (κ3) is 2.60. The minimum Gasteiger partial charge on any atom is -0.497 e. The van der Waals surface area contributed by atoms with Gasteiger partial charge in [0, 0.05) is 19.2 Å². The van der Waals surface area contributed by atoms with Gasteiger partial charge in [0.05, 0.1) is 7.11 Å². The lowest BCUT2D eigenvalue weighted by atomic mass is 10.2. The maximum atomic E-state index is 5.69. The van der Waals surface area contributed by atoms with Crippen molar-refractivity contribution < 1.29 is 9.47 Å². The smallest absolute Gasteiger partial charge is 0.164 e. The monoisotopic (exact) mass is 248 g/mol. The summed E-state index contributed by atoms with van der Waals surface area (Å²) in [7, 11) is 3.44. The summed E-state index contributed by atoms with van der Waals surface area (Å²) in [5, 5.41) is 3.98. The van der Waals surface area contributed by atoms with Crippen LogP contribution in [0.3, 0.4) is 0 Å². The van der Waals surface area contributed by atoms with Gasteiger partial charge in [0.1, 0.15) is 24.4 Å². The van der Waals surface area contributed by atoms with Gasteiger partial charge in [0.2, 0.25) is 0 Å². The number of methoxy groups -OCH3 is 1. The van der Waals surface area contributed by atoms with Crippen molar-refractivity contribution in [2.75, 3.05) is 7.11 Å². The second kappa shape index (κ2) is 5.50. The van der Waals surface area contributed by atoms with E-state index >= 15 is 0 Å². The molecule has 0 atom stereocenters. The molecule has 0 amide bonds. The Morgan fingerprint density at radius 1 is 1.39 bits per heavy atom. The molecule has 0 aliphatic carbocycles. The first-order valence-electron chi connectivity index (χ1n) is 5.57. The molecule has 0 fully saturated rings. The van der Waals surface area contributed by atoms with Crippen LogP contribution in [-0.2, 0) is 20.2 Å². The molecular formula is C12H16N4O2. The summed E-state index contributed by atoms with van der Waals surface area (Å²) < 4.78 is 12.5. The van der Waals surface area contributed by atoms with Gasteiger partial charge in [-0.3, -0.25) is 4.68 Å². The van der Waals surface area contributed by atoms with E-state index in [0.717, 1.165) is 22.9 Å². The van der Waals surface area contributed by atoms with E-state index in [1.807, 2.05) is 25.2 Å². The number of ether oxygens (including phenoxy) is 2. The van der Waals surface area contributed by atoms with Gasteiger partial charge < -0.3 is 15.2 Å². The summed E-state index contributed by atoms with van der Waals surface area (Å²) in [5.74, 6) is 2.26. The SMILES string of the molecule is COc1ccc(OCc2ncnn2C)c(CN)c1. The van der Waals surface area contributed by atoms with Gasteiger partial charge in [-0.2, -0.15) is 5.10 Å². The lowest BCUT2D eigenvalue weighted by Gasteiger charge is -2.11. The van der Waals surface area contributed by atoms with Crippen LogP contribution in [0.15, 0.2) is 24.5 Å². The second-order valence-electron chi connectivity index (χ2n) is 3.77. The van der Waals surface area contributed by atoms with Crippen molar-refractivity contribution in [3.63, 3.8) is 0 Å². The molecule has 18 heavy (non-hydrogen) atoms. The molecule has 0 saturated heterocycles. The van der Waals surface area contributed by atoms with Crippen molar-refractivity contribution in [3.05, 3.63) is 35.9 Å². The topological polar surface area (TPSA) is 75.2 Å². The fraction of sp³-hybridized carbons (Fsp3) is 0.333. The number of rotatable bonds is 5. The zero-order chi connectivity index (χ0) is 13.0. The molecule has 96 valence electrons. The molecule has 0 bridgehead atoms. The number of hydrogen-bond acceptors (Lipinski definition) is 5. The lowest BCUT2D eigenvalue weighted by Crippen LogP contribution is -2.07. The molecule has 2 rings (SSSR count). The van der Waals surface area contributed by atoms with Crippen LogP contribution in [0.25, 0.3) is 0 Å². The van der Waals surface area contributed by atoms with E-state index in [0.29, 0.717) is 13.2 Å². The summed E-state index contributed by atoms with van der Waals surface area (Å²) in [5.41, 5.74) is 6.58. The number of aryl methyl sites for hydroxylation is 1. The van der Waals surface area contributed by atoms with Crippen molar-refractivity contribution in [2.24, 2.45) is 12.8 Å². The van der Waals surface area contributed by atoms with Crippen LogP contribution < -0.4 is 15.2 Å². The Kier molecular flexibility index (Phi) is 3.78. The number of nitrogens with two attached hydrogens (primary N) is 1. The lowest BCUT2D eigenvalue weighted by molar-refractivity contribution is 0.286. The summed E-state index contributed by atoms with van der Waals surface area (Å²) in [6.07, 6.45) is 1.50. The third-order valence-corrected chi connectivity index (χ3v) is 2.65. The molecule has 0 saturated carbocycles. The molecular weight excluding hydrogens is 232 g/mol. The standard InChI is InChI=1S/C12H16N4O2/c1-16-12(14-8-15-16)7-18-11-4-3-10(17-2)5-9(11)6-13/h3-5,8H,6-7,13H2,1-2H3. The van der Waals surface area contributed by atoms with Gasteiger partial charge in [-0.25, -0.2) is 4.98 Å². The minimum atomic E-state index is 0.357. The normalized spacial score (nSPS) is 10.4. The van der Waals surface area contributed by atoms with Crippen molar-refractivity contribution >= 4 is 0 Å². The van der Waals surface area contributed by atoms with Crippen LogP contribution in [0.5, 0.6) is 11.5 Å². The molecule has 1 aromatic carbocycles. The van der Waals surface area contributed by atoms with E-state index in [-0.39, 0.29) is 0 Å². The predicted octanol–water partition coefficient (Wildman–Crippen LogP) is 0.861. The highest BCUT2D eigenvalue weighted by molar-refractivity contribution is 5.40. The van der Waals surface area contributed by atoms with Crippen molar-refractivity contribution in [3.8, 4) is 11.5 Å². The van der Waals surface area contributed by atoms with E-state index in [1.54, 1.807) is 11.8 Å². The van der Waals surface area contributed by atoms with Gasteiger partial charge >= 0.3 is 0 Å². The summed E-state index contributed by atoms with van der Waals surface area (Å²) >= 11 is 0. The third-order valence-electron chi connectivity index (χ3n) is 2.65. The highest BCUT2D eigenvalue weighted by Gasteiger charge is 2.06. The molecule has 1 aromatic heterocycles. The molecule has 0 aliphatic heterocycles. The first-order valence-corrected chi connectivity index (χ1v) is 5.57. The number of benzene rings is 1. The first-order chi connectivity index (χ1) is 8.74. The molecule has 0 radical (unpaired) electrons. The van der Waals surface area contributed by atoms with E-state index < -0.39 is 0 Å². The minimum absolute atomic E-state index is 0.357. The highest BCUT2D eigenvalue weighted by Crippen LogP contribution is 2.24. The van der Waals surface area contributed by atoms with E-state index in [4.69, 9.17) is 15.2 Å². The summed E-state index contributed by atoms with van der Waals surface area (Å²) in [6.45, 7) is 0.751. The molecule has 6 heteroatoms. The van der Waals surface area contributed by atoms with Crippen LogP contribution in [0.4, 0.5) is 0 Å². The van der Waals surface area contributed by atoms with Crippen LogP contribution in [0, 0.1) is 0 Å². The van der Waals surface area contributed by atoms with E-state index in [9.17, 15) is 0 Å². The van der Waals surface area contributed by atoms with E-state index in [1.165, 1.54) is 6.33 Å². The molecule has 2 aromatic rings. The Morgan fingerprint density at radius 2 is 2.22 bits per heavy atom. The largest absolute Gasteiger partial charge is 0.497 e. The van der Waals surface area contributed by atoms with Gasteiger partial charge in [-0.15, -0.1) is 0 Å². The van der Waals surface area contributed by atoms with Crippen LogP contribution in [0.2, 0.25) is 0 Å². The Bertz CT molecular complexity index is 525. The number of nitrogens with zero attached hydrogens (tertiary/aromatic N) is 3. The van der Waals surface area contributed by atoms with Crippen LogP contribution >= 0.6 is 0 Å². The Labute approximate surface area is 105 Å². The number of aromatic nitrogens is 3. The van der Waals surface area contributed by atoms with Crippen molar-refractivity contribution in [1.82, 2.24) is 14.8 Å². The Balaban J connectivity index is 2.11. The van der Waals surface area contributed by atoms with Gasteiger partial charge in [-0.1, -0.05) is 0 Å². The Morgan fingerprint density at radius 3 is 2.83 bits per heavy atom. The maximum Gasteiger partial charge on any atom is 0.164 e. The second-order valence-corrected chi connectivity index (χ2v) is 3.77. The van der Waals surface area contributed by atoms with Crippen molar-refractivity contribution in [1.29, 1.82) is 0 Å². The zero-order valence-corrected chi connectivity index (χ0v) is 10.5. The molecule has 6 nitrogen and oxygen atoms in total. The van der Waals surface area contributed by atoms with Crippen molar-refractivity contribution in [2.45, 2.75) is 13.2 Å². The van der Waals surface area contributed by atoms with Gasteiger partial charge in [0.25, 0.3) is 0 Å². The first kappa shape index (κ1) is 12.4. The van der Waals surface area contributed by atoms with E-state index in [2.05, 4.69) is 10.1 Å². The zero-order valence-electron chi connectivity index (χ0n) is 10.5. The molecule has 0 spiro atoms. The molecule has 1 heterocycles.